The zero-order valence-corrected chi connectivity index (χ0v) is 14.8. The molecule has 1 aromatic heterocycles. The summed E-state index contributed by atoms with van der Waals surface area (Å²) in [6.45, 7) is 0.893. The van der Waals surface area contributed by atoms with Gasteiger partial charge in [0, 0.05) is 36.8 Å². The van der Waals surface area contributed by atoms with Crippen LogP contribution in [-0.2, 0) is 6.42 Å². The van der Waals surface area contributed by atoms with E-state index in [4.69, 9.17) is 27.9 Å². The molecule has 0 atom stereocenters. The van der Waals surface area contributed by atoms with Crippen LogP contribution in [0.5, 0.6) is 5.75 Å². The molecule has 2 N–H and O–H groups in total. The average molecular weight is 379 g/mol. The molecule has 0 radical (unpaired) electrons. The van der Waals surface area contributed by atoms with Crippen LogP contribution in [0.1, 0.15) is 17.7 Å². The molecule has 25 heavy (non-hydrogen) atoms. The Bertz CT molecular complexity index is 797. The van der Waals surface area contributed by atoms with E-state index in [0.29, 0.717) is 47.5 Å². The lowest BCUT2D eigenvalue weighted by Gasteiger charge is -2.20. The summed E-state index contributed by atoms with van der Waals surface area (Å²) in [4.78, 5) is 16.1. The van der Waals surface area contributed by atoms with Crippen molar-refractivity contribution in [3.63, 3.8) is 0 Å². The molecule has 2 heterocycles. The minimum absolute atomic E-state index is 0.353. The van der Waals surface area contributed by atoms with E-state index in [0.717, 1.165) is 11.3 Å². The fourth-order valence-electron chi connectivity index (χ4n) is 2.41. The summed E-state index contributed by atoms with van der Waals surface area (Å²) in [5.41, 5.74) is 4.84. The second kappa shape index (κ2) is 8.18. The van der Waals surface area contributed by atoms with E-state index in [2.05, 4.69) is 20.8 Å². The summed E-state index contributed by atoms with van der Waals surface area (Å²) in [5.74, 6) is 0.497. The van der Waals surface area contributed by atoms with Crippen molar-refractivity contribution in [2.24, 2.45) is 5.10 Å². The third-order valence-corrected chi connectivity index (χ3v) is 4.42. The number of benzene rings is 1. The van der Waals surface area contributed by atoms with Crippen LogP contribution in [0.4, 0.5) is 4.79 Å². The van der Waals surface area contributed by atoms with Crippen LogP contribution in [0.2, 0.25) is 10.0 Å². The topological polar surface area (TPSA) is 75.6 Å². The normalized spacial score (nSPS) is 14.6. The van der Waals surface area contributed by atoms with Gasteiger partial charge in [-0.05, 0) is 24.3 Å². The van der Waals surface area contributed by atoms with Crippen LogP contribution in [0.25, 0.3) is 0 Å². The van der Waals surface area contributed by atoms with Crippen molar-refractivity contribution in [1.29, 1.82) is 0 Å². The highest BCUT2D eigenvalue weighted by molar-refractivity contribution is 6.43. The predicted molar refractivity (Wildman–Crippen MR) is 97.6 cm³/mol. The highest BCUT2D eigenvalue weighted by Crippen LogP contribution is 2.37. The van der Waals surface area contributed by atoms with Crippen molar-refractivity contribution in [3.8, 4) is 5.75 Å². The van der Waals surface area contributed by atoms with Crippen molar-refractivity contribution >= 4 is 34.9 Å². The summed E-state index contributed by atoms with van der Waals surface area (Å²) in [6, 6.07) is 8.76. The van der Waals surface area contributed by atoms with Crippen LogP contribution < -0.4 is 15.5 Å². The number of halogens is 2. The molecule has 0 saturated carbocycles. The van der Waals surface area contributed by atoms with Crippen LogP contribution in [-0.4, -0.2) is 29.9 Å². The number of hydrogen-bond donors (Lipinski definition) is 2. The molecule has 0 spiro atoms. The maximum atomic E-state index is 11.9. The van der Waals surface area contributed by atoms with Gasteiger partial charge in [0.1, 0.15) is 10.8 Å². The zero-order chi connectivity index (χ0) is 17.6. The molecule has 8 heteroatoms. The highest BCUT2D eigenvalue weighted by Gasteiger charge is 2.21. The van der Waals surface area contributed by atoms with E-state index in [1.165, 1.54) is 0 Å². The van der Waals surface area contributed by atoms with E-state index in [9.17, 15) is 4.79 Å². The molecule has 1 aliphatic heterocycles. The Morgan fingerprint density at radius 3 is 2.96 bits per heavy atom. The van der Waals surface area contributed by atoms with E-state index >= 15 is 0 Å². The van der Waals surface area contributed by atoms with Gasteiger partial charge < -0.3 is 10.1 Å². The number of fused-ring (bicyclic) bond motifs is 1. The lowest BCUT2D eigenvalue weighted by atomic mass is 10.0. The summed E-state index contributed by atoms with van der Waals surface area (Å²) >= 11 is 12.1. The Kier molecular flexibility index (Phi) is 5.73. The maximum Gasteiger partial charge on any atom is 0.335 e. The monoisotopic (exact) mass is 378 g/mol. The van der Waals surface area contributed by atoms with Gasteiger partial charge in [-0.2, -0.15) is 5.10 Å². The van der Waals surface area contributed by atoms with Gasteiger partial charge in [0.25, 0.3) is 0 Å². The molecule has 3 rings (SSSR count). The Balaban J connectivity index is 1.58. The molecule has 2 amide bonds. The quantitative estimate of drug-likeness (QED) is 0.800. The van der Waals surface area contributed by atoms with E-state index < -0.39 is 0 Å². The van der Waals surface area contributed by atoms with Crippen LogP contribution >= 0.6 is 23.2 Å². The third kappa shape index (κ3) is 4.41. The number of rotatable bonds is 4. The Hall–Kier alpha value is -2.31. The number of carbonyl (C=O) groups is 1. The number of carbonyl (C=O) groups excluding carboxylic acids is 1. The molecule has 0 aliphatic carbocycles. The van der Waals surface area contributed by atoms with Gasteiger partial charge in [0.05, 0.1) is 17.3 Å². The largest absolute Gasteiger partial charge is 0.491 e. The first kappa shape index (κ1) is 17.5. The third-order valence-electron chi connectivity index (χ3n) is 3.63. The summed E-state index contributed by atoms with van der Waals surface area (Å²) in [5, 5.41) is 7.69. The van der Waals surface area contributed by atoms with Gasteiger partial charge in [-0.1, -0.05) is 29.3 Å². The molecule has 0 saturated heterocycles. The van der Waals surface area contributed by atoms with Gasteiger partial charge in [-0.25, -0.2) is 10.2 Å². The lowest BCUT2D eigenvalue weighted by Crippen LogP contribution is -2.35. The fraction of sp³-hybridized carbons (Fsp3) is 0.235. The predicted octanol–water partition coefficient (Wildman–Crippen LogP) is 3.42. The number of hydrazone groups is 1. The fourth-order valence-corrected chi connectivity index (χ4v) is 2.78. The number of urea groups is 1. The first-order chi connectivity index (χ1) is 12.1. The Labute approximate surface area is 155 Å². The first-order valence-electron chi connectivity index (χ1n) is 7.76. The average Bonchev–Trinajstić information content (AvgIpc) is 2.64. The summed E-state index contributed by atoms with van der Waals surface area (Å²) in [6.07, 6.45) is 2.94. The van der Waals surface area contributed by atoms with E-state index in [1.807, 2.05) is 18.2 Å². The SMILES string of the molecule is O=C(NCCc1ccccn1)NN=C1CCOc2c1ccc(Cl)c2Cl. The van der Waals surface area contributed by atoms with Crippen molar-refractivity contribution in [2.45, 2.75) is 12.8 Å². The van der Waals surface area contributed by atoms with Crippen molar-refractivity contribution in [1.82, 2.24) is 15.7 Å². The van der Waals surface area contributed by atoms with Crippen LogP contribution in [0.3, 0.4) is 0 Å². The van der Waals surface area contributed by atoms with Gasteiger partial charge in [0.15, 0.2) is 0 Å². The lowest BCUT2D eigenvalue weighted by molar-refractivity contribution is 0.241. The molecule has 130 valence electrons. The summed E-state index contributed by atoms with van der Waals surface area (Å²) < 4.78 is 5.55. The Morgan fingerprint density at radius 2 is 2.16 bits per heavy atom. The zero-order valence-electron chi connectivity index (χ0n) is 13.3. The molecule has 0 unspecified atom stereocenters. The Morgan fingerprint density at radius 1 is 1.28 bits per heavy atom. The van der Waals surface area contributed by atoms with Crippen LogP contribution in [0, 0.1) is 0 Å². The summed E-state index contributed by atoms with van der Waals surface area (Å²) in [7, 11) is 0. The van der Waals surface area contributed by atoms with Gasteiger partial charge in [-0.3, -0.25) is 4.98 Å². The highest BCUT2D eigenvalue weighted by atomic mass is 35.5. The molecule has 2 aromatic rings. The number of ether oxygens (including phenoxy) is 1. The number of hydrogen-bond acceptors (Lipinski definition) is 4. The molecular weight excluding hydrogens is 363 g/mol. The van der Waals surface area contributed by atoms with Crippen molar-refractivity contribution < 1.29 is 9.53 Å². The standard InChI is InChI=1S/C17H16Cl2N4O2/c18-13-5-4-12-14(7-10-25-16(12)15(13)19)22-23-17(24)21-9-6-11-3-1-2-8-20-11/h1-5,8H,6-7,9-10H2,(H2,21,23,24). The molecule has 0 bridgehead atoms. The molecule has 6 nitrogen and oxygen atoms in total. The first-order valence-corrected chi connectivity index (χ1v) is 8.52. The van der Waals surface area contributed by atoms with Gasteiger partial charge >= 0.3 is 6.03 Å². The van der Waals surface area contributed by atoms with Crippen LogP contribution in [0.15, 0.2) is 41.6 Å². The molecular formula is C17H16Cl2N4O2. The van der Waals surface area contributed by atoms with Crippen molar-refractivity contribution in [2.75, 3.05) is 13.2 Å². The molecule has 1 aromatic carbocycles. The molecule has 1 aliphatic rings. The smallest absolute Gasteiger partial charge is 0.335 e. The molecule has 0 fully saturated rings. The second-order valence-electron chi connectivity index (χ2n) is 5.33. The van der Waals surface area contributed by atoms with Gasteiger partial charge in [0.2, 0.25) is 0 Å². The minimum atomic E-state index is -0.378. The number of amides is 2. The minimum Gasteiger partial charge on any atom is -0.491 e. The van der Waals surface area contributed by atoms with Gasteiger partial charge in [-0.15, -0.1) is 0 Å². The number of nitrogens with one attached hydrogen (secondary N) is 2. The van der Waals surface area contributed by atoms with E-state index in [1.54, 1.807) is 18.3 Å². The number of pyridine rings is 1. The number of nitrogens with zero attached hydrogens (tertiary/aromatic N) is 2. The van der Waals surface area contributed by atoms with E-state index in [-0.39, 0.29) is 6.03 Å². The maximum absolute atomic E-state index is 11.9. The second-order valence-corrected chi connectivity index (χ2v) is 6.12. The number of aromatic nitrogens is 1. The van der Waals surface area contributed by atoms with Crippen molar-refractivity contribution in [3.05, 3.63) is 57.8 Å².